The number of nitrogens with one attached hydrogen (secondary N) is 2. The normalized spacial score (nSPS) is 13.1. The Morgan fingerprint density at radius 3 is 2.34 bits per heavy atom. The Morgan fingerprint density at radius 1 is 1.14 bits per heavy atom. The summed E-state index contributed by atoms with van der Waals surface area (Å²) in [5.74, 6) is 0.395. The van der Waals surface area contributed by atoms with E-state index in [2.05, 4.69) is 15.5 Å². The molecule has 0 spiro atoms. The summed E-state index contributed by atoms with van der Waals surface area (Å²) in [6, 6.07) is 15.6. The third-order valence-electron chi connectivity index (χ3n) is 4.71. The molecule has 2 N–H and O–H groups in total. The molecule has 0 aliphatic rings. The summed E-state index contributed by atoms with van der Waals surface area (Å²) in [5, 5.41) is 12.2. The maximum absolute atomic E-state index is 12.5. The number of aryl methyl sites for hydroxylation is 1. The fourth-order valence-corrected chi connectivity index (χ4v) is 4.11. The lowest BCUT2D eigenvalue weighted by Gasteiger charge is -2.26. The van der Waals surface area contributed by atoms with Crippen molar-refractivity contribution >= 4 is 40.9 Å². The Labute approximate surface area is 184 Å². The number of carbonyl (C=O) groups is 1. The van der Waals surface area contributed by atoms with Crippen LogP contribution >= 0.6 is 35.0 Å². The van der Waals surface area contributed by atoms with Gasteiger partial charge in [-0.1, -0.05) is 47.5 Å². The average Bonchev–Trinajstić information content (AvgIpc) is 3.11. The van der Waals surface area contributed by atoms with Gasteiger partial charge in [0.2, 0.25) is 5.91 Å². The second-order valence-corrected chi connectivity index (χ2v) is 8.74. The molecule has 0 aliphatic heterocycles. The van der Waals surface area contributed by atoms with E-state index < -0.39 is 0 Å². The Bertz CT molecular complexity index is 944. The van der Waals surface area contributed by atoms with Crippen LogP contribution in [0.25, 0.3) is 0 Å². The van der Waals surface area contributed by atoms with Crippen molar-refractivity contribution in [2.24, 2.45) is 7.05 Å². The standard InChI is InChI=1S/C21H22Cl2N4OS/c1-14(25-20(28)12-29-21-26-24-13-27(21)2)19(16-5-9-18(23)10-6-16)11-15-3-7-17(22)8-4-15/h3-10,13-14,19H,11-12H2,1-2H3,(H,25,28)/p+1. The molecular weight excluding hydrogens is 427 g/mol. The van der Waals surface area contributed by atoms with Gasteiger partial charge in [0.1, 0.15) is 0 Å². The monoisotopic (exact) mass is 449 g/mol. The molecule has 0 bridgehead atoms. The van der Waals surface area contributed by atoms with Crippen molar-refractivity contribution < 1.29 is 9.36 Å². The first kappa shape index (κ1) is 21.7. The fourth-order valence-electron chi connectivity index (χ4n) is 3.13. The molecule has 0 saturated carbocycles. The minimum Gasteiger partial charge on any atom is -0.352 e. The second kappa shape index (κ2) is 10.1. The molecule has 152 valence electrons. The van der Waals surface area contributed by atoms with Gasteiger partial charge in [-0.3, -0.25) is 4.79 Å². The zero-order chi connectivity index (χ0) is 20.8. The molecule has 2 atom stereocenters. The minimum atomic E-state index is -0.0597. The molecule has 2 aromatic carbocycles. The van der Waals surface area contributed by atoms with Crippen LogP contribution in [-0.4, -0.2) is 27.9 Å². The van der Waals surface area contributed by atoms with E-state index >= 15 is 0 Å². The summed E-state index contributed by atoms with van der Waals surface area (Å²) < 4.78 is 1.85. The Kier molecular flexibility index (Phi) is 7.58. The molecular formula is C21H23Cl2N4OS+. The summed E-state index contributed by atoms with van der Waals surface area (Å²) in [6.45, 7) is 2.04. The molecule has 29 heavy (non-hydrogen) atoms. The van der Waals surface area contributed by atoms with Gasteiger partial charge in [0.25, 0.3) is 11.5 Å². The first-order valence-corrected chi connectivity index (χ1v) is 11.0. The Hall–Kier alpha value is -2.02. The summed E-state index contributed by atoms with van der Waals surface area (Å²) >= 11 is 13.5. The number of carbonyl (C=O) groups excluding carboxylic acids is 1. The number of hydrogen-bond donors (Lipinski definition) is 2. The van der Waals surface area contributed by atoms with Crippen molar-refractivity contribution in [3.8, 4) is 0 Å². The zero-order valence-electron chi connectivity index (χ0n) is 16.2. The van der Waals surface area contributed by atoms with E-state index in [-0.39, 0.29) is 17.9 Å². The predicted molar refractivity (Wildman–Crippen MR) is 117 cm³/mol. The van der Waals surface area contributed by atoms with Crippen LogP contribution in [-0.2, 0) is 18.3 Å². The number of H-pyrrole nitrogens is 1. The number of rotatable bonds is 8. The maximum atomic E-state index is 12.5. The Balaban J connectivity index is 1.70. The first-order valence-electron chi connectivity index (χ1n) is 9.23. The van der Waals surface area contributed by atoms with Gasteiger partial charge >= 0.3 is 0 Å². The van der Waals surface area contributed by atoms with Gasteiger partial charge in [0.05, 0.1) is 12.8 Å². The summed E-state index contributed by atoms with van der Waals surface area (Å²) in [6.07, 6.45) is 2.45. The molecule has 3 rings (SSSR count). The highest BCUT2D eigenvalue weighted by atomic mass is 35.5. The van der Waals surface area contributed by atoms with Gasteiger partial charge in [0.15, 0.2) is 0 Å². The van der Waals surface area contributed by atoms with Crippen LogP contribution in [0.2, 0.25) is 10.0 Å². The van der Waals surface area contributed by atoms with Gasteiger partial charge in [-0.15, -0.1) is 5.10 Å². The number of nitrogens with zero attached hydrogens (tertiary/aromatic N) is 2. The number of amides is 1. The third kappa shape index (κ3) is 6.23. The first-order chi connectivity index (χ1) is 13.9. The van der Waals surface area contributed by atoms with Gasteiger partial charge in [-0.2, -0.15) is 0 Å². The highest BCUT2D eigenvalue weighted by Crippen LogP contribution is 2.27. The van der Waals surface area contributed by atoms with E-state index in [0.29, 0.717) is 15.8 Å². The lowest BCUT2D eigenvalue weighted by molar-refractivity contribution is -0.709. The topological polar surface area (TPSA) is 61.7 Å². The van der Waals surface area contributed by atoms with Crippen LogP contribution in [0, 0.1) is 0 Å². The van der Waals surface area contributed by atoms with E-state index in [9.17, 15) is 4.79 Å². The van der Waals surface area contributed by atoms with E-state index in [1.54, 1.807) is 6.33 Å². The fraction of sp³-hybridized carbons (Fsp3) is 0.286. The number of benzene rings is 2. The molecule has 0 saturated heterocycles. The van der Waals surface area contributed by atoms with Crippen molar-refractivity contribution in [1.29, 1.82) is 0 Å². The molecule has 8 heteroatoms. The highest BCUT2D eigenvalue weighted by molar-refractivity contribution is 7.99. The molecule has 1 heterocycles. The molecule has 1 amide bonds. The molecule has 5 nitrogen and oxygen atoms in total. The average molecular weight is 450 g/mol. The lowest BCUT2D eigenvalue weighted by atomic mass is 9.86. The van der Waals surface area contributed by atoms with E-state index in [1.807, 2.05) is 67.1 Å². The van der Waals surface area contributed by atoms with E-state index in [4.69, 9.17) is 23.2 Å². The molecule has 0 fully saturated rings. The van der Waals surface area contributed by atoms with E-state index in [0.717, 1.165) is 22.7 Å². The smallest absolute Gasteiger partial charge is 0.293 e. The van der Waals surface area contributed by atoms with Crippen LogP contribution in [0.3, 0.4) is 0 Å². The summed E-state index contributed by atoms with van der Waals surface area (Å²) in [7, 11) is 1.88. The maximum Gasteiger partial charge on any atom is 0.293 e. The SMILES string of the molecule is CC(NC(=O)CSc1[nH]nc[n+]1C)C(Cc1ccc(Cl)cc1)c1ccc(Cl)cc1. The number of aromatic nitrogens is 3. The molecule has 0 aliphatic carbocycles. The van der Waals surface area contributed by atoms with Crippen molar-refractivity contribution in [2.75, 3.05) is 5.75 Å². The van der Waals surface area contributed by atoms with Crippen LogP contribution < -0.4 is 9.88 Å². The number of aromatic amines is 1. The highest BCUT2D eigenvalue weighted by Gasteiger charge is 2.22. The Morgan fingerprint density at radius 2 is 1.76 bits per heavy atom. The largest absolute Gasteiger partial charge is 0.352 e. The lowest BCUT2D eigenvalue weighted by Crippen LogP contribution is -2.39. The van der Waals surface area contributed by atoms with Crippen LogP contribution in [0.4, 0.5) is 0 Å². The van der Waals surface area contributed by atoms with Crippen molar-refractivity contribution in [1.82, 2.24) is 15.5 Å². The third-order valence-corrected chi connectivity index (χ3v) is 6.27. The quantitative estimate of drug-likeness (QED) is 0.400. The van der Waals surface area contributed by atoms with Gasteiger partial charge in [0, 0.05) is 27.1 Å². The van der Waals surface area contributed by atoms with Gasteiger partial charge < -0.3 is 5.32 Å². The zero-order valence-corrected chi connectivity index (χ0v) is 18.6. The van der Waals surface area contributed by atoms with Crippen molar-refractivity contribution in [2.45, 2.75) is 30.5 Å². The summed E-state index contributed by atoms with van der Waals surface area (Å²) in [4.78, 5) is 12.5. The van der Waals surface area contributed by atoms with E-state index in [1.165, 1.54) is 11.8 Å². The van der Waals surface area contributed by atoms with Crippen LogP contribution in [0.15, 0.2) is 60.0 Å². The predicted octanol–water partition coefficient (Wildman–Crippen LogP) is 4.16. The second-order valence-electron chi connectivity index (χ2n) is 6.91. The van der Waals surface area contributed by atoms with Crippen molar-refractivity contribution in [3.05, 3.63) is 76.0 Å². The number of halogens is 2. The molecule has 3 aromatic rings. The van der Waals surface area contributed by atoms with Crippen LogP contribution in [0.1, 0.15) is 24.0 Å². The summed E-state index contributed by atoms with van der Waals surface area (Å²) in [5.41, 5.74) is 2.29. The number of hydrogen-bond acceptors (Lipinski definition) is 3. The van der Waals surface area contributed by atoms with Crippen molar-refractivity contribution in [3.63, 3.8) is 0 Å². The van der Waals surface area contributed by atoms with Gasteiger partial charge in [-0.05, 0) is 60.5 Å². The van der Waals surface area contributed by atoms with Crippen LogP contribution in [0.5, 0.6) is 0 Å². The molecule has 2 unspecified atom stereocenters. The molecule has 1 aromatic heterocycles. The number of thioether (sulfide) groups is 1. The minimum absolute atomic E-state index is 0.0211. The molecule has 0 radical (unpaired) electrons. The van der Waals surface area contributed by atoms with Gasteiger partial charge in [-0.25, -0.2) is 4.57 Å².